The number of aromatic nitrogens is 1. The van der Waals surface area contributed by atoms with Crippen LogP contribution in [0.2, 0.25) is 0 Å². The fraction of sp³-hybridized carbons (Fsp3) is 0.143. The zero-order valence-corrected chi connectivity index (χ0v) is 10.7. The number of para-hydroxylation sites is 1. The average molecular weight is 270 g/mol. The van der Waals surface area contributed by atoms with E-state index in [9.17, 15) is 9.59 Å². The zero-order valence-electron chi connectivity index (χ0n) is 10.7. The van der Waals surface area contributed by atoms with Gasteiger partial charge in [0.05, 0.1) is 5.57 Å². The second-order valence-electron chi connectivity index (χ2n) is 4.50. The number of aromatic amines is 1. The van der Waals surface area contributed by atoms with Crippen molar-refractivity contribution in [3.05, 3.63) is 41.7 Å². The fourth-order valence-corrected chi connectivity index (χ4v) is 2.36. The molecule has 6 heteroatoms. The van der Waals surface area contributed by atoms with Crippen LogP contribution >= 0.6 is 0 Å². The second-order valence-corrected chi connectivity index (χ2v) is 4.50. The summed E-state index contributed by atoms with van der Waals surface area (Å²) in [6, 6.07) is 7.62. The number of benzene rings is 1. The van der Waals surface area contributed by atoms with E-state index in [-0.39, 0.29) is 11.6 Å². The summed E-state index contributed by atoms with van der Waals surface area (Å²) in [6.45, 7) is 0.814. The van der Waals surface area contributed by atoms with Crippen molar-refractivity contribution in [2.45, 2.75) is 0 Å². The number of rotatable bonds is 4. The Balaban J connectivity index is 2.16. The highest BCUT2D eigenvalue weighted by atomic mass is 16.2. The molecule has 2 heterocycles. The van der Waals surface area contributed by atoms with Crippen molar-refractivity contribution in [2.24, 2.45) is 5.73 Å². The minimum atomic E-state index is -0.413. The monoisotopic (exact) mass is 270 g/mol. The van der Waals surface area contributed by atoms with Crippen LogP contribution in [0.1, 0.15) is 5.56 Å². The van der Waals surface area contributed by atoms with Gasteiger partial charge in [0, 0.05) is 35.8 Å². The lowest BCUT2D eigenvalue weighted by atomic mass is 10.0. The number of fused-ring (bicyclic) bond motifs is 1. The molecule has 1 aromatic carbocycles. The van der Waals surface area contributed by atoms with Crippen LogP contribution in [-0.2, 0) is 9.59 Å². The molecular weight excluding hydrogens is 256 g/mol. The first-order valence-electron chi connectivity index (χ1n) is 6.32. The molecule has 1 aliphatic heterocycles. The number of hydrogen-bond donors (Lipinski definition) is 4. The molecule has 1 aromatic heterocycles. The van der Waals surface area contributed by atoms with Gasteiger partial charge in [0.2, 0.25) is 0 Å². The van der Waals surface area contributed by atoms with Gasteiger partial charge in [0.1, 0.15) is 5.70 Å². The number of amides is 2. The number of H-pyrrole nitrogens is 1. The van der Waals surface area contributed by atoms with E-state index in [1.54, 1.807) is 6.20 Å². The summed E-state index contributed by atoms with van der Waals surface area (Å²) in [5.41, 5.74) is 7.71. The molecule has 0 spiro atoms. The fourth-order valence-electron chi connectivity index (χ4n) is 2.36. The number of nitrogens with one attached hydrogen (secondary N) is 3. The lowest BCUT2D eigenvalue weighted by Gasteiger charge is -2.05. The summed E-state index contributed by atoms with van der Waals surface area (Å²) in [5, 5.41) is 6.13. The molecule has 0 aliphatic carbocycles. The van der Waals surface area contributed by atoms with Crippen molar-refractivity contribution in [3.63, 3.8) is 0 Å². The van der Waals surface area contributed by atoms with Crippen molar-refractivity contribution in [3.8, 4) is 0 Å². The number of carbonyl (C=O) groups is 2. The van der Waals surface area contributed by atoms with Crippen LogP contribution in [0.25, 0.3) is 16.5 Å². The normalized spacial score (nSPS) is 15.1. The van der Waals surface area contributed by atoms with Gasteiger partial charge in [-0.05, 0) is 6.07 Å². The van der Waals surface area contributed by atoms with Crippen LogP contribution in [0.4, 0.5) is 0 Å². The molecule has 0 saturated heterocycles. The van der Waals surface area contributed by atoms with E-state index in [1.165, 1.54) is 0 Å². The highest BCUT2D eigenvalue weighted by Crippen LogP contribution is 2.29. The standard InChI is InChI=1S/C14H14N4O2/c15-5-6-16-12-11(13(19)18-14(12)20)9-7-17-10-4-2-1-3-8(9)10/h1-4,7,17H,5-6,15H2,(H2,16,18,19,20). The Kier molecular flexibility index (Phi) is 3.00. The van der Waals surface area contributed by atoms with Gasteiger partial charge in [-0.2, -0.15) is 0 Å². The van der Waals surface area contributed by atoms with Gasteiger partial charge in [0.15, 0.2) is 0 Å². The Hall–Kier alpha value is -2.60. The SMILES string of the molecule is NCCNC1=C(c2c[nH]c3ccccc23)C(=O)NC1=O. The molecule has 0 radical (unpaired) electrons. The third-order valence-corrected chi connectivity index (χ3v) is 3.24. The molecule has 0 saturated carbocycles. The molecule has 6 nitrogen and oxygen atoms in total. The van der Waals surface area contributed by atoms with Gasteiger partial charge in [-0.3, -0.25) is 14.9 Å². The number of carbonyl (C=O) groups excluding carboxylic acids is 2. The van der Waals surface area contributed by atoms with Crippen molar-refractivity contribution in [2.75, 3.05) is 13.1 Å². The van der Waals surface area contributed by atoms with Crippen molar-refractivity contribution in [1.29, 1.82) is 0 Å². The average Bonchev–Trinajstić information content (AvgIpc) is 2.97. The largest absolute Gasteiger partial charge is 0.379 e. The van der Waals surface area contributed by atoms with E-state index in [0.29, 0.717) is 24.2 Å². The summed E-state index contributed by atoms with van der Waals surface area (Å²) < 4.78 is 0. The van der Waals surface area contributed by atoms with E-state index in [0.717, 1.165) is 10.9 Å². The van der Waals surface area contributed by atoms with Gasteiger partial charge in [0.25, 0.3) is 11.8 Å². The first kappa shape index (κ1) is 12.4. The predicted octanol–water partition coefficient (Wildman–Crippen LogP) is 0.0837. The smallest absolute Gasteiger partial charge is 0.275 e. The highest BCUT2D eigenvalue weighted by molar-refractivity contribution is 6.37. The Bertz CT molecular complexity index is 730. The molecule has 3 rings (SSSR count). The van der Waals surface area contributed by atoms with Crippen molar-refractivity contribution >= 4 is 28.3 Å². The molecule has 1 aliphatic rings. The Labute approximate surface area is 115 Å². The summed E-state index contributed by atoms with van der Waals surface area (Å²) in [4.78, 5) is 27.0. The van der Waals surface area contributed by atoms with E-state index < -0.39 is 5.91 Å². The van der Waals surface area contributed by atoms with Crippen molar-refractivity contribution in [1.82, 2.24) is 15.6 Å². The van der Waals surface area contributed by atoms with Crippen LogP contribution in [0.3, 0.4) is 0 Å². The highest BCUT2D eigenvalue weighted by Gasteiger charge is 2.32. The summed E-state index contributed by atoms with van der Waals surface area (Å²) in [7, 11) is 0. The number of nitrogens with two attached hydrogens (primary N) is 1. The first-order chi connectivity index (χ1) is 9.72. The molecule has 0 fully saturated rings. The predicted molar refractivity (Wildman–Crippen MR) is 75.4 cm³/mol. The Morgan fingerprint density at radius 2 is 1.95 bits per heavy atom. The van der Waals surface area contributed by atoms with E-state index >= 15 is 0 Å². The molecule has 0 atom stereocenters. The molecule has 102 valence electrons. The lowest BCUT2D eigenvalue weighted by molar-refractivity contribution is -0.123. The number of imide groups is 1. The topological polar surface area (TPSA) is 100 Å². The van der Waals surface area contributed by atoms with Crippen LogP contribution in [0.5, 0.6) is 0 Å². The maximum atomic E-state index is 12.0. The van der Waals surface area contributed by atoms with Crippen LogP contribution < -0.4 is 16.4 Å². The van der Waals surface area contributed by atoms with Gasteiger partial charge in [-0.25, -0.2) is 0 Å². The minimum absolute atomic E-state index is 0.283. The summed E-state index contributed by atoms with van der Waals surface area (Å²) in [5.74, 6) is -0.803. The van der Waals surface area contributed by atoms with Crippen LogP contribution in [0.15, 0.2) is 36.2 Å². The molecule has 2 aromatic rings. The Morgan fingerprint density at radius 3 is 2.75 bits per heavy atom. The second kappa shape index (κ2) is 4.82. The van der Waals surface area contributed by atoms with Crippen molar-refractivity contribution < 1.29 is 9.59 Å². The summed E-state index contributed by atoms with van der Waals surface area (Å²) >= 11 is 0. The van der Waals surface area contributed by atoms with E-state index in [4.69, 9.17) is 5.73 Å². The quantitative estimate of drug-likeness (QED) is 0.591. The van der Waals surface area contributed by atoms with Gasteiger partial charge in [-0.15, -0.1) is 0 Å². The van der Waals surface area contributed by atoms with Crippen LogP contribution in [0, 0.1) is 0 Å². The molecule has 0 bridgehead atoms. The zero-order chi connectivity index (χ0) is 14.1. The maximum absolute atomic E-state index is 12.0. The molecular formula is C14H14N4O2. The van der Waals surface area contributed by atoms with Crippen LogP contribution in [-0.4, -0.2) is 29.9 Å². The summed E-state index contributed by atoms with van der Waals surface area (Å²) in [6.07, 6.45) is 1.74. The van der Waals surface area contributed by atoms with Gasteiger partial charge >= 0.3 is 0 Å². The van der Waals surface area contributed by atoms with E-state index in [1.807, 2.05) is 24.3 Å². The van der Waals surface area contributed by atoms with E-state index in [2.05, 4.69) is 15.6 Å². The Morgan fingerprint density at radius 1 is 1.15 bits per heavy atom. The molecule has 5 N–H and O–H groups in total. The maximum Gasteiger partial charge on any atom is 0.275 e. The third kappa shape index (κ3) is 1.86. The first-order valence-corrected chi connectivity index (χ1v) is 6.32. The molecule has 20 heavy (non-hydrogen) atoms. The molecule has 2 amide bonds. The van der Waals surface area contributed by atoms with Gasteiger partial charge in [-0.1, -0.05) is 18.2 Å². The number of hydrogen-bond acceptors (Lipinski definition) is 4. The van der Waals surface area contributed by atoms with Gasteiger partial charge < -0.3 is 16.0 Å². The molecule has 0 unspecified atom stereocenters. The minimum Gasteiger partial charge on any atom is -0.379 e. The lowest BCUT2D eigenvalue weighted by Crippen LogP contribution is -2.29. The third-order valence-electron chi connectivity index (χ3n) is 3.24.